The van der Waals surface area contributed by atoms with Crippen molar-refractivity contribution >= 4 is 28.3 Å². The highest BCUT2D eigenvalue weighted by atomic mass is 16.3. The number of likely N-dealkylation sites (tertiary alicyclic amines) is 1. The van der Waals surface area contributed by atoms with Crippen LogP contribution in [0.5, 0.6) is 0 Å². The first-order chi connectivity index (χ1) is 14.2. The SMILES string of the molecule is Cc1nc2ccc(C3=CCN4N=C(C5CCN(CCO)CC5)C=CC4=N3)cc2o1. The number of aliphatic hydroxyl groups is 1. The van der Waals surface area contributed by atoms with Gasteiger partial charge in [0, 0.05) is 24.9 Å². The molecule has 1 aromatic carbocycles. The molecular weight excluding hydrogens is 366 g/mol. The molecule has 0 bridgehead atoms. The molecule has 2 aromatic rings. The summed E-state index contributed by atoms with van der Waals surface area (Å²) in [6, 6.07) is 6.02. The van der Waals surface area contributed by atoms with Gasteiger partial charge in [-0.25, -0.2) is 15.0 Å². The van der Waals surface area contributed by atoms with Gasteiger partial charge >= 0.3 is 0 Å². The molecule has 0 amide bonds. The summed E-state index contributed by atoms with van der Waals surface area (Å²) < 4.78 is 5.66. The Morgan fingerprint density at radius 2 is 2.07 bits per heavy atom. The third-order valence-corrected chi connectivity index (χ3v) is 5.81. The largest absolute Gasteiger partial charge is 0.441 e. The van der Waals surface area contributed by atoms with Crippen LogP contribution in [0.1, 0.15) is 24.3 Å². The van der Waals surface area contributed by atoms with Gasteiger partial charge in [0.05, 0.1) is 24.6 Å². The van der Waals surface area contributed by atoms with E-state index in [1.54, 1.807) is 0 Å². The van der Waals surface area contributed by atoms with Gasteiger partial charge in [-0.2, -0.15) is 5.10 Å². The number of hydrazone groups is 1. The van der Waals surface area contributed by atoms with Crippen molar-refractivity contribution in [3.8, 4) is 0 Å². The topological polar surface area (TPSA) is 77.5 Å². The molecule has 0 atom stereocenters. The van der Waals surface area contributed by atoms with Crippen LogP contribution in [0.2, 0.25) is 0 Å². The highest BCUT2D eigenvalue weighted by molar-refractivity contribution is 6.08. The minimum absolute atomic E-state index is 0.233. The average Bonchev–Trinajstić information content (AvgIpc) is 3.13. The van der Waals surface area contributed by atoms with E-state index in [2.05, 4.69) is 28.1 Å². The van der Waals surface area contributed by atoms with Gasteiger partial charge in [-0.1, -0.05) is 6.07 Å². The van der Waals surface area contributed by atoms with Crippen molar-refractivity contribution < 1.29 is 9.52 Å². The second kappa shape index (κ2) is 7.57. The van der Waals surface area contributed by atoms with Crippen LogP contribution in [-0.2, 0) is 0 Å². The molecule has 29 heavy (non-hydrogen) atoms. The predicted octanol–water partition coefficient (Wildman–Crippen LogP) is 2.82. The molecule has 5 rings (SSSR count). The first kappa shape index (κ1) is 18.3. The van der Waals surface area contributed by atoms with Gasteiger partial charge in [0.1, 0.15) is 11.4 Å². The van der Waals surface area contributed by atoms with Crippen molar-refractivity contribution in [3.63, 3.8) is 0 Å². The standard InChI is InChI=1S/C22H25N5O2/c1-15-23-20-3-2-17(14-21(20)29-15)18-8-11-27-22(24-18)5-4-19(25-27)16-6-9-26(10-7-16)12-13-28/h2-5,8,14,16,28H,6-7,9-13H2,1H3. The van der Waals surface area contributed by atoms with E-state index in [4.69, 9.17) is 19.6 Å². The Bertz CT molecular complexity index is 1040. The molecule has 7 heteroatoms. The number of nitrogens with zero attached hydrogens (tertiary/aromatic N) is 5. The summed E-state index contributed by atoms with van der Waals surface area (Å²) in [5.41, 5.74) is 4.76. The fourth-order valence-corrected chi connectivity index (χ4v) is 4.23. The molecule has 3 aliphatic rings. The molecule has 1 fully saturated rings. The first-order valence-electron chi connectivity index (χ1n) is 10.2. The van der Waals surface area contributed by atoms with E-state index >= 15 is 0 Å². The molecule has 0 spiro atoms. The zero-order chi connectivity index (χ0) is 19.8. The van der Waals surface area contributed by atoms with Crippen molar-refractivity contribution in [1.29, 1.82) is 0 Å². The van der Waals surface area contributed by atoms with Crippen molar-refractivity contribution in [3.05, 3.63) is 47.9 Å². The Morgan fingerprint density at radius 1 is 1.21 bits per heavy atom. The Morgan fingerprint density at radius 3 is 2.90 bits per heavy atom. The summed E-state index contributed by atoms with van der Waals surface area (Å²) >= 11 is 0. The van der Waals surface area contributed by atoms with Crippen LogP contribution in [0.3, 0.4) is 0 Å². The number of fused-ring (bicyclic) bond motifs is 2. The monoisotopic (exact) mass is 391 g/mol. The average molecular weight is 391 g/mol. The number of aliphatic hydroxyl groups excluding tert-OH is 1. The van der Waals surface area contributed by atoms with E-state index in [1.807, 2.05) is 30.1 Å². The Labute approximate surface area is 169 Å². The number of hydrogen-bond donors (Lipinski definition) is 1. The highest BCUT2D eigenvalue weighted by Gasteiger charge is 2.26. The molecule has 150 valence electrons. The summed E-state index contributed by atoms with van der Waals surface area (Å²) in [4.78, 5) is 11.5. The third kappa shape index (κ3) is 3.63. The molecule has 0 saturated carbocycles. The van der Waals surface area contributed by atoms with Crippen LogP contribution >= 0.6 is 0 Å². The first-order valence-corrected chi connectivity index (χ1v) is 10.2. The van der Waals surface area contributed by atoms with Crippen LogP contribution in [0.25, 0.3) is 16.8 Å². The zero-order valence-electron chi connectivity index (χ0n) is 16.6. The maximum atomic E-state index is 9.11. The molecule has 0 unspecified atom stereocenters. The molecule has 1 N–H and O–H groups in total. The van der Waals surface area contributed by atoms with Gasteiger partial charge in [-0.15, -0.1) is 0 Å². The fourth-order valence-electron chi connectivity index (χ4n) is 4.23. The van der Waals surface area contributed by atoms with Gasteiger partial charge in [0.2, 0.25) is 0 Å². The molecule has 7 nitrogen and oxygen atoms in total. The van der Waals surface area contributed by atoms with Gasteiger partial charge in [-0.05, 0) is 56.3 Å². The Kier molecular flexibility index (Phi) is 4.77. The predicted molar refractivity (Wildman–Crippen MR) is 114 cm³/mol. The molecular formula is C22H25N5O2. The number of oxazole rings is 1. The zero-order valence-corrected chi connectivity index (χ0v) is 16.6. The number of aromatic nitrogens is 1. The lowest BCUT2D eigenvalue weighted by Crippen LogP contribution is -2.39. The second-order valence-electron chi connectivity index (χ2n) is 7.75. The number of benzene rings is 1. The van der Waals surface area contributed by atoms with Gasteiger partial charge in [0.15, 0.2) is 11.5 Å². The van der Waals surface area contributed by atoms with Crippen LogP contribution < -0.4 is 0 Å². The Balaban J connectivity index is 1.30. The summed E-state index contributed by atoms with van der Waals surface area (Å²) in [5.74, 6) is 2.02. The quantitative estimate of drug-likeness (QED) is 0.867. The van der Waals surface area contributed by atoms with E-state index in [0.29, 0.717) is 18.4 Å². The number of hydrogen-bond acceptors (Lipinski definition) is 7. The van der Waals surface area contributed by atoms with E-state index < -0.39 is 0 Å². The van der Waals surface area contributed by atoms with Crippen molar-refractivity contribution in [1.82, 2.24) is 14.9 Å². The summed E-state index contributed by atoms with van der Waals surface area (Å²) in [7, 11) is 0. The van der Waals surface area contributed by atoms with E-state index in [9.17, 15) is 0 Å². The Hall–Kier alpha value is -2.77. The maximum Gasteiger partial charge on any atom is 0.192 e. The number of rotatable bonds is 4. The lowest BCUT2D eigenvalue weighted by atomic mass is 9.91. The van der Waals surface area contributed by atoms with E-state index in [0.717, 1.165) is 66.4 Å². The highest BCUT2D eigenvalue weighted by Crippen LogP contribution is 2.27. The molecule has 1 saturated heterocycles. The molecule has 3 aliphatic heterocycles. The third-order valence-electron chi connectivity index (χ3n) is 5.81. The van der Waals surface area contributed by atoms with Gasteiger partial charge in [-0.3, -0.25) is 0 Å². The minimum atomic E-state index is 0.233. The minimum Gasteiger partial charge on any atom is -0.441 e. The van der Waals surface area contributed by atoms with Gasteiger partial charge < -0.3 is 14.4 Å². The number of amidine groups is 1. The van der Waals surface area contributed by atoms with Crippen molar-refractivity contribution in [2.45, 2.75) is 19.8 Å². The van der Waals surface area contributed by atoms with Crippen LogP contribution in [0, 0.1) is 12.8 Å². The van der Waals surface area contributed by atoms with E-state index in [1.165, 1.54) is 0 Å². The maximum absolute atomic E-state index is 9.11. The fraction of sp³-hybridized carbons (Fsp3) is 0.409. The summed E-state index contributed by atoms with van der Waals surface area (Å²) in [6.07, 6.45) is 8.47. The second-order valence-corrected chi connectivity index (χ2v) is 7.75. The molecule has 0 aliphatic carbocycles. The smallest absolute Gasteiger partial charge is 0.192 e. The van der Waals surface area contributed by atoms with Gasteiger partial charge in [0.25, 0.3) is 0 Å². The number of aliphatic imine (C=N–C) groups is 1. The lowest BCUT2D eigenvalue weighted by molar-refractivity contribution is 0.162. The van der Waals surface area contributed by atoms with Crippen LogP contribution in [-0.4, -0.2) is 64.3 Å². The summed E-state index contributed by atoms with van der Waals surface area (Å²) in [5, 5.41) is 16.0. The molecule has 0 radical (unpaired) electrons. The molecule has 4 heterocycles. The van der Waals surface area contributed by atoms with Crippen LogP contribution in [0.15, 0.2) is 50.9 Å². The van der Waals surface area contributed by atoms with E-state index in [-0.39, 0.29) is 6.61 Å². The number of aryl methyl sites for hydroxylation is 1. The number of β-amino-alcohol motifs (C(OH)–C–C–N with tert-alkyl or cyclic N) is 1. The summed E-state index contributed by atoms with van der Waals surface area (Å²) in [6.45, 7) is 5.61. The normalized spacial score (nSPS) is 20.5. The van der Waals surface area contributed by atoms with Crippen molar-refractivity contribution in [2.24, 2.45) is 16.0 Å². The number of allylic oxidation sites excluding steroid dienone is 1. The molecule has 1 aromatic heterocycles. The van der Waals surface area contributed by atoms with Crippen LogP contribution in [0.4, 0.5) is 0 Å². The van der Waals surface area contributed by atoms with Crippen molar-refractivity contribution in [2.75, 3.05) is 32.8 Å². The lowest BCUT2D eigenvalue weighted by Gasteiger charge is -2.33. The number of piperidine rings is 1.